The topological polar surface area (TPSA) is 64.4 Å². The van der Waals surface area contributed by atoms with E-state index in [1.165, 1.54) is 5.57 Å². The van der Waals surface area contributed by atoms with Crippen molar-refractivity contribution >= 4 is 6.21 Å². The van der Waals surface area contributed by atoms with Crippen molar-refractivity contribution in [3.8, 4) is 11.8 Å². The van der Waals surface area contributed by atoms with E-state index in [0.29, 0.717) is 6.54 Å². The van der Waals surface area contributed by atoms with Crippen LogP contribution in [0.3, 0.4) is 0 Å². The molecule has 1 rings (SSSR count). The molecule has 1 unspecified atom stereocenters. The highest BCUT2D eigenvalue weighted by atomic mass is 14.7. The van der Waals surface area contributed by atoms with Crippen LogP contribution in [-0.4, -0.2) is 25.3 Å². The highest BCUT2D eigenvalue weighted by molar-refractivity contribution is 5.73. The van der Waals surface area contributed by atoms with Crippen LogP contribution in [0.25, 0.3) is 0 Å². The molecule has 0 radical (unpaired) electrons. The first kappa shape index (κ1) is 9.97. The first-order chi connectivity index (χ1) is 6.34. The summed E-state index contributed by atoms with van der Waals surface area (Å²) in [4.78, 5) is 4.08. The molecule has 0 aromatic carbocycles. The molecule has 1 atom stereocenters. The number of hydrogen-bond acceptors (Lipinski definition) is 3. The van der Waals surface area contributed by atoms with Crippen molar-refractivity contribution in [1.29, 1.82) is 0 Å². The molecule has 0 aromatic heterocycles. The monoisotopic (exact) mass is 177 g/mol. The van der Waals surface area contributed by atoms with Crippen LogP contribution >= 0.6 is 0 Å². The molecule has 0 spiro atoms. The van der Waals surface area contributed by atoms with E-state index >= 15 is 0 Å². The Morgan fingerprint density at radius 1 is 1.62 bits per heavy atom. The summed E-state index contributed by atoms with van der Waals surface area (Å²) in [6.45, 7) is 1.43. The third-order valence-corrected chi connectivity index (χ3v) is 1.85. The van der Waals surface area contributed by atoms with Crippen molar-refractivity contribution in [3.05, 3.63) is 11.6 Å². The van der Waals surface area contributed by atoms with Crippen LogP contribution in [0.1, 0.15) is 12.8 Å². The average Bonchev–Trinajstić information content (AvgIpc) is 2.19. The molecule has 0 amide bonds. The van der Waals surface area contributed by atoms with E-state index in [9.17, 15) is 0 Å². The van der Waals surface area contributed by atoms with E-state index in [1.807, 2.05) is 6.08 Å². The van der Waals surface area contributed by atoms with Crippen LogP contribution in [0.4, 0.5) is 0 Å². The van der Waals surface area contributed by atoms with Crippen molar-refractivity contribution in [2.75, 3.05) is 13.1 Å². The van der Waals surface area contributed by atoms with E-state index in [2.05, 4.69) is 16.8 Å². The lowest BCUT2D eigenvalue weighted by Crippen LogP contribution is -2.22. The Hall–Kier alpha value is -1.11. The maximum atomic E-state index is 5.84. The molecular weight excluding hydrogens is 162 g/mol. The summed E-state index contributed by atoms with van der Waals surface area (Å²) in [5, 5.41) is 0. The normalized spacial score (nSPS) is 17.2. The zero-order chi connectivity index (χ0) is 9.52. The Morgan fingerprint density at radius 3 is 3.08 bits per heavy atom. The molecule has 4 N–H and O–H groups in total. The minimum atomic E-state index is -0.140. The number of allylic oxidation sites excluding steroid dienone is 1. The molecular formula is C10H15N3. The fraction of sp³-hybridized carbons (Fsp3) is 0.500. The Labute approximate surface area is 78.9 Å². The second-order valence-electron chi connectivity index (χ2n) is 2.88. The number of aliphatic imine (C=N–C) groups is 1. The Bertz CT molecular complexity index is 268. The van der Waals surface area contributed by atoms with Gasteiger partial charge in [0.05, 0.1) is 6.04 Å². The van der Waals surface area contributed by atoms with E-state index in [1.54, 1.807) is 6.21 Å². The average molecular weight is 177 g/mol. The third-order valence-electron chi connectivity index (χ3n) is 1.85. The molecule has 1 aliphatic rings. The lowest BCUT2D eigenvalue weighted by Gasteiger charge is -2.10. The molecule has 1 aliphatic heterocycles. The first-order valence-electron chi connectivity index (χ1n) is 4.47. The van der Waals surface area contributed by atoms with Crippen molar-refractivity contribution in [1.82, 2.24) is 0 Å². The number of hydrogen-bond donors (Lipinski definition) is 2. The summed E-state index contributed by atoms with van der Waals surface area (Å²) in [6.07, 6.45) is 5.39. The molecule has 1 heterocycles. The van der Waals surface area contributed by atoms with Gasteiger partial charge in [-0.05, 0) is 18.1 Å². The predicted octanol–water partition coefficient (Wildman–Crippen LogP) is 0.0668. The van der Waals surface area contributed by atoms with Gasteiger partial charge in [-0.1, -0.05) is 11.8 Å². The van der Waals surface area contributed by atoms with E-state index in [4.69, 9.17) is 11.5 Å². The van der Waals surface area contributed by atoms with E-state index < -0.39 is 0 Å². The summed E-state index contributed by atoms with van der Waals surface area (Å²) >= 11 is 0. The van der Waals surface area contributed by atoms with Gasteiger partial charge in [0.25, 0.3) is 0 Å². The van der Waals surface area contributed by atoms with Gasteiger partial charge in [-0.25, -0.2) is 0 Å². The molecule has 0 aromatic rings. The molecule has 0 bridgehead atoms. The number of dihydropyridines is 1. The molecule has 0 saturated carbocycles. The molecule has 13 heavy (non-hydrogen) atoms. The molecule has 3 heteroatoms. The van der Waals surface area contributed by atoms with Crippen LogP contribution in [0, 0.1) is 11.8 Å². The molecule has 0 saturated heterocycles. The second-order valence-corrected chi connectivity index (χ2v) is 2.88. The smallest absolute Gasteiger partial charge is 0.0884 e. The number of nitrogens with zero attached hydrogens (tertiary/aromatic N) is 1. The van der Waals surface area contributed by atoms with Crippen LogP contribution in [0.2, 0.25) is 0 Å². The Balaban J connectivity index is 2.48. The van der Waals surface area contributed by atoms with Gasteiger partial charge in [-0.3, -0.25) is 4.99 Å². The van der Waals surface area contributed by atoms with Crippen LogP contribution in [0.15, 0.2) is 16.6 Å². The fourth-order valence-corrected chi connectivity index (χ4v) is 1.11. The molecule has 0 aliphatic carbocycles. The maximum absolute atomic E-state index is 5.84. The summed E-state index contributed by atoms with van der Waals surface area (Å²) in [5.41, 5.74) is 12.3. The van der Waals surface area contributed by atoms with Gasteiger partial charge in [0, 0.05) is 25.7 Å². The van der Waals surface area contributed by atoms with Crippen molar-refractivity contribution < 1.29 is 0 Å². The lowest BCUT2D eigenvalue weighted by molar-refractivity contribution is 0.845. The van der Waals surface area contributed by atoms with Gasteiger partial charge in [-0.2, -0.15) is 0 Å². The van der Waals surface area contributed by atoms with Gasteiger partial charge in [-0.15, -0.1) is 0 Å². The quantitative estimate of drug-likeness (QED) is 0.586. The third kappa shape index (κ3) is 3.41. The van der Waals surface area contributed by atoms with Crippen LogP contribution in [0.5, 0.6) is 0 Å². The second kappa shape index (κ2) is 5.52. The van der Waals surface area contributed by atoms with E-state index in [-0.39, 0.29) is 6.04 Å². The maximum Gasteiger partial charge on any atom is 0.0884 e. The first-order valence-corrected chi connectivity index (χ1v) is 4.47. The summed E-state index contributed by atoms with van der Waals surface area (Å²) < 4.78 is 0. The molecule has 70 valence electrons. The standard InChI is InChI=1S/C10H15N3/c11-6-2-1-3-10(12)9-4-7-13-8-5-9/h4,7,10H,2,5-6,8,11-12H2. The minimum Gasteiger partial charge on any atom is -0.330 e. The highest BCUT2D eigenvalue weighted by Gasteiger charge is 2.06. The van der Waals surface area contributed by atoms with Crippen molar-refractivity contribution in [2.45, 2.75) is 18.9 Å². The minimum absolute atomic E-state index is 0.140. The zero-order valence-corrected chi connectivity index (χ0v) is 7.66. The predicted molar refractivity (Wildman–Crippen MR) is 55.5 cm³/mol. The van der Waals surface area contributed by atoms with E-state index in [0.717, 1.165) is 19.4 Å². The largest absolute Gasteiger partial charge is 0.330 e. The Morgan fingerprint density at radius 2 is 2.46 bits per heavy atom. The molecule has 0 fully saturated rings. The van der Waals surface area contributed by atoms with Gasteiger partial charge in [0.1, 0.15) is 0 Å². The van der Waals surface area contributed by atoms with Crippen molar-refractivity contribution in [3.63, 3.8) is 0 Å². The highest BCUT2D eigenvalue weighted by Crippen LogP contribution is 2.07. The number of nitrogens with two attached hydrogens (primary N) is 2. The summed E-state index contributed by atoms with van der Waals surface area (Å²) in [7, 11) is 0. The molecule has 3 nitrogen and oxygen atoms in total. The fourth-order valence-electron chi connectivity index (χ4n) is 1.11. The van der Waals surface area contributed by atoms with Gasteiger partial charge in [0.2, 0.25) is 0 Å². The summed E-state index contributed by atoms with van der Waals surface area (Å²) in [6, 6.07) is -0.140. The van der Waals surface area contributed by atoms with Crippen LogP contribution < -0.4 is 11.5 Å². The SMILES string of the molecule is NCCC#CC(N)C1=CC=NCC1. The van der Waals surface area contributed by atoms with Crippen molar-refractivity contribution in [2.24, 2.45) is 16.5 Å². The van der Waals surface area contributed by atoms with Gasteiger partial charge < -0.3 is 11.5 Å². The van der Waals surface area contributed by atoms with Crippen LogP contribution in [-0.2, 0) is 0 Å². The number of rotatable bonds is 2. The van der Waals surface area contributed by atoms with Gasteiger partial charge >= 0.3 is 0 Å². The zero-order valence-electron chi connectivity index (χ0n) is 7.66. The van der Waals surface area contributed by atoms with Gasteiger partial charge in [0.15, 0.2) is 0 Å². The summed E-state index contributed by atoms with van der Waals surface area (Å²) in [5.74, 6) is 5.92. The Kier molecular flexibility index (Phi) is 4.24. The lowest BCUT2D eigenvalue weighted by atomic mass is 10.0.